The van der Waals surface area contributed by atoms with Crippen LogP contribution < -0.4 is 5.73 Å². The summed E-state index contributed by atoms with van der Waals surface area (Å²) in [4.78, 5) is 10.2. The molecule has 3 nitrogen and oxygen atoms in total. The number of rotatable bonds is 4. The van der Waals surface area contributed by atoms with Crippen molar-refractivity contribution in [1.29, 1.82) is 0 Å². The number of nitrogens with two attached hydrogens (primary N) is 1. The number of amides is 1. The highest BCUT2D eigenvalue weighted by Crippen LogP contribution is 1.98. The molecule has 0 aliphatic rings. The summed E-state index contributed by atoms with van der Waals surface area (Å²) in [5, 5.41) is 8.78. The second-order valence-corrected chi connectivity index (χ2v) is 2.06. The van der Waals surface area contributed by atoms with Crippen molar-refractivity contribution in [3.8, 4) is 0 Å². The predicted octanol–water partition coefficient (Wildman–Crippen LogP) is 0.0228. The number of unbranched alkanes of at least 4 members (excludes halogenated alkanes) is 1. The Balaban J connectivity index is 3.27. The molecule has 0 bridgehead atoms. The Kier molecular flexibility index (Phi) is 4.05. The fraction of sp³-hybridized carbons (Fsp3) is 0.833. The lowest BCUT2D eigenvalue weighted by molar-refractivity contribution is -0.126. The quantitative estimate of drug-likeness (QED) is 0.565. The van der Waals surface area contributed by atoms with Crippen molar-refractivity contribution in [3.63, 3.8) is 0 Å². The molecule has 0 aliphatic carbocycles. The van der Waals surface area contributed by atoms with Gasteiger partial charge in [0.25, 0.3) is 0 Å². The molecule has 3 heteroatoms. The van der Waals surface area contributed by atoms with E-state index in [0.717, 1.165) is 12.8 Å². The van der Waals surface area contributed by atoms with Crippen LogP contribution in [-0.4, -0.2) is 17.1 Å². The summed E-state index contributed by atoms with van der Waals surface area (Å²) in [7, 11) is 0. The number of carbonyl (C=O) groups excluding carboxylic acids is 1. The standard InChI is InChI=1S/C6H13NO2/c1-2-3-4-5(8)6(7)9/h5,8H,2-4H2,1H3,(H2,7,9). The maximum atomic E-state index is 10.2. The lowest BCUT2D eigenvalue weighted by atomic mass is 10.1. The Morgan fingerprint density at radius 1 is 1.78 bits per heavy atom. The summed E-state index contributed by atoms with van der Waals surface area (Å²) in [5.41, 5.74) is 4.79. The monoisotopic (exact) mass is 131 g/mol. The van der Waals surface area contributed by atoms with Crippen LogP contribution in [0.5, 0.6) is 0 Å². The van der Waals surface area contributed by atoms with Gasteiger partial charge < -0.3 is 10.8 Å². The van der Waals surface area contributed by atoms with E-state index < -0.39 is 12.0 Å². The van der Waals surface area contributed by atoms with Crippen LogP contribution in [0.1, 0.15) is 26.2 Å². The molecule has 0 saturated heterocycles. The average Bonchev–Trinajstić information content (AvgIpc) is 1.82. The van der Waals surface area contributed by atoms with E-state index in [1.54, 1.807) is 0 Å². The molecule has 54 valence electrons. The van der Waals surface area contributed by atoms with Crippen LogP contribution in [0.4, 0.5) is 0 Å². The number of hydrogen-bond donors (Lipinski definition) is 2. The van der Waals surface area contributed by atoms with Crippen molar-refractivity contribution in [2.24, 2.45) is 5.73 Å². The second-order valence-electron chi connectivity index (χ2n) is 2.06. The van der Waals surface area contributed by atoms with Gasteiger partial charge in [0.2, 0.25) is 5.91 Å². The Hall–Kier alpha value is -0.570. The zero-order valence-electron chi connectivity index (χ0n) is 5.63. The van der Waals surface area contributed by atoms with Gasteiger partial charge in [-0.05, 0) is 6.42 Å². The van der Waals surface area contributed by atoms with Gasteiger partial charge in [-0.2, -0.15) is 0 Å². The summed E-state index contributed by atoms with van der Waals surface area (Å²) in [5.74, 6) is -0.622. The molecule has 0 aromatic heterocycles. The van der Waals surface area contributed by atoms with E-state index in [-0.39, 0.29) is 0 Å². The highest BCUT2D eigenvalue weighted by Gasteiger charge is 2.07. The van der Waals surface area contributed by atoms with Crippen molar-refractivity contribution in [3.05, 3.63) is 0 Å². The maximum absolute atomic E-state index is 10.2. The largest absolute Gasteiger partial charge is 0.383 e. The average molecular weight is 131 g/mol. The molecule has 0 aromatic rings. The van der Waals surface area contributed by atoms with Crippen molar-refractivity contribution < 1.29 is 9.90 Å². The molecule has 0 spiro atoms. The Labute approximate surface area is 54.9 Å². The molecular formula is C6H13NO2. The van der Waals surface area contributed by atoms with E-state index in [1.165, 1.54) is 0 Å². The van der Waals surface area contributed by atoms with Gasteiger partial charge in [-0.3, -0.25) is 4.79 Å². The van der Waals surface area contributed by atoms with E-state index in [2.05, 4.69) is 0 Å². The molecule has 0 fully saturated rings. The van der Waals surface area contributed by atoms with E-state index in [9.17, 15) is 4.79 Å². The minimum atomic E-state index is -0.940. The summed E-state index contributed by atoms with van der Waals surface area (Å²) in [6.45, 7) is 1.99. The Bertz CT molecular complexity index is 93.1. The van der Waals surface area contributed by atoms with Gasteiger partial charge in [0.05, 0.1) is 0 Å². The molecule has 1 atom stereocenters. The van der Waals surface area contributed by atoms with Crippen LogP contribution in [0.15, 0.2) is 0 Å². The first-order valence-corrected chi connectivity index (χ1v) is 3.16. The first kappa shape index (κ1) is 8.43. The molecule has 0 heterocycles. The van der Waals surface area contributed by atoms with E-state index in [4.69, 9.17) is 10.8 Å². The van der Waals surface area contributed by atoms with Crippen LogP contribution >= 0.6 is 0 Å². The molecule has 0 radical (unpaired) electrons. The van der Waals surface area contributed by atoms with E-state index in [0.29, 0.717) is 6.42 Å². The van der Waals surface area contributed by atoms with Gasteiger partial charge in [-0.15, -0.1) is 0 Å². The molecule has 0 rings (SSSR count). The minimum absolute atomic E-state index is 0.492. The van der Waals surface area contributed by atoms with Gasteiger partial charge in [0.1, 0.15) is 6.10 Å². The Morgan fingerprint density at radius 2 is 2.33 bits per heavy atom. The van der Waals surface area contributed by atoms with Gasteiger partial charge in [-0.25, -0.2) is 0 Å². The topological polar surface area (TPSA) is 63.3 Å². The summed E-state index contributed by atoms with van der Waals surface area (Å²) < 4.78 is 0. The number of aliphatic hydroxyl groups is 1. The SMILES string of the molecule is CCCCC(O)C(N)=O. The molecule has 0 aromatic carbocycles. The molecule has 0 aliphatic heterocycles. The van der Waals surface area contributed by atoms with E-state index in [1.807, 2.05) is 6.92 Å². The second kappa shape index (κ2) is 4.32. The third kappa shape index (κ3) is 3.97. The maximum Gasteiger partial charge on any atom is 0.246 e. The first-order valence-electron chi connectivity index (χ1n) is 3.16. The molecule has 9 heavy (non-hydrogen) atoms. The predicted molar refractivity (Wildman–Crippen MR) is 34.7 cm³/mol. The molecule has 3 N–H and O–H groups in total. The van der Waals surface area contributed by atoms with E-state index >= 15 is 0 Å². The van der Waals surface area contributed by atoms with Crippen LogP contribution in [0.3, 0.4) is 0 Å². The molecule has 1 amide bonds. The van der Waals surface area contributed by atoms with Crippen molar-refractivity contribution in [1.82, 2.24) is 0 Å². The third-order valence-electron chi connectivity index (χ3n) is 1.16. The van der Waals surface area contributed by atoms with Gasteiger partial charge in [-0.1, -0.05) is 19.8 Å². The molecular weight excluding hydrogens is 118 g/mol. The van der Waals surface area contributed by atoms with Crippen LogP contribution in [0, 0.1) is 0 Å². The zero-order valence-corrected chi connectivity index (χ0v) is 5.63. The number of carbonyl (C=O) groups is 1. The Morgan fingerprint density at radius 3 is 2.67 bits per heavy atom. The van der Waals surface area contributed by atoms with Gasteiger partial charge in [0, 0.05) is 0 Å². The molecule has 1 unspecified atom stereocenters. The number of hydrogen-bond acceptors (Lipinski definition) is 2. The van der Waals surface area contributed by atoms with Gasteiger partial charge in [0.15, 0.2) is 0 Å². The fourth-order valence-corrected chi connectivity index (χ4v) is 0.540. The third-order valence-corrected chi connectivity index (χ3v) is 1.16. The zero-order chi connectivity index (χ0) is 7.28. The number of primary amides is 1. The van der Waals surface area contributed by atoms with Crippen molar-refractivity contribution >= 4 is 5.91 Å². The molecule has 0 saturated carbocycles. The minimum Gasteiger partial charge on any atom is -0.383 e. The smallest absolute Gasteiger partial charge is 0.246 e. The van der Waals surface area contributed by atoms with Crippen molar-refractivity contribution in [2.75, 3.05) is 0 Å². The summed E-state index contributed by atoms with van der Waals surface area (Å²) >= 11 is 0. The van der Waals surface area contributed by atoms with Gasteiger partial charge >= 0.3 is 0 Å². The fourth-order valence-electron chi connectivity index (χ4n) is 0.540. The highest BCUT2D eigenvalue weighted by molar-refractivity contribution is 5.78. The lowest BCUT2D eigenvalue weighted by Crippen LogP contribution is -2.27. The lowest BCUT2D eigenvalue weighted by Gasteiger charge is -2.02. The summed E-state index contributed by atoms with van der Waals surface area (Å²) in [6, 6.07) is 0. The number of aliphatic hydroxyl groups excluding tert-OH is 1. The van der Waals surface area contributed by atoms with Crippen LogP contribution in [0.25, 0.3) is 0 Å². The van der Waals surface area contributed by atoms with Crippen molar-refractivity contribution in [2.45, 2.75) is 32.3 Å². The first-order chi connectivity index (χ1) is 4.18. The summed E-state index contributed by atoms with van der Waals surface area (Å²) in [6.07, 6.45) is 1.38. The normalized spacial score (nSPS) is 13.1. The highest BCUT2D eigenvalue weighted by atomic mass is 16.3. The van der Waals surface area contributed by atoms with Crippen LogP contribution in [-0.2, 0) is 4.79 Å². The van der Waals surface area contributed by atoms with Crippen LogP contribution in [0.2, 0.25) is 0 Å².